The zero-order valence-electron chi connectivity index (χ0n) is 11.0. The summed E-state index contributed by atoms with van der Waals surface area (Å²) in [6, 6.07) is 7.39. The van der Waals surface area contributed by atoms with E-state index >= 15 is 0 Å². The number of carbonyl (C=O) groups excluding carboxylic acids is 1. The number of halogens is 1. The van der Waals surface area contributed by atoms with Crippen LogP contribution in [0, 0.1) is 0 Å². The monoisotopic (exact) mass is 280 g/mol. The van der Waals surface area contributed by atoms with Crippen molar-refractivity contribution in [3.8, 4) is 0 Å². The number of hydrogen-bond acceptors (Lipinski definition) is 3. The van der Waals surface area contributed by atoms with Crippen molar-refractivity contribution in [2.45, 2.75) is 26.4 Å². The van der Waals surface area contributed by atoms with Gasteiger partial charge in [0.25, 0.3) is 0 Å². The van der Waals surface area contributed by atoms with Crippen LogP contribution in [0.1, 0.15) is 19.4 Å². The zero-order chi connectivity index (χ0) is 13.8. The van der Waals surface area contributed by atoms with Gasteiger partial charge < -0.3 is 15.1 Å². The molecular formula is C14H17ClN2O2. The zero-order valence-corrected chi connectivity index (χ0v) is 11.8. The molecule has 2 N–H and O–H groups in total. The van der Waals surface area contributed by atoms with Crippen molar-refractivity contribution in [3.63, 3.8) is 0 Å². The van der Waals surface area contributed by atoms with Gasteiger partial charge in [-0.1, -0.05) is 18.2 Å². The first-order valence-electron chi connectivity index (χ1n) is 6.30. The van der Waals surface area contributed by atoms with Crippen LogP contribution in [0.4, 0.5) is 0 Å². The highest BCUT2D eigenvalue weighted by molar-refractivity contribution is 6.30. The average Bonchev–Trinajstić information content (AvgIpc) is 2.72. The molecule has 0 bridgehead atoms. The molecular weight excluding hydrogens is 264 g/mol. The Bertz CT molecular complexity index is 580. The molecule has 0 radical (unpaired) electrons. The molecule has 1 unspecified atom stereocenters. The first-order chi connectivity index (χ1) is 9.13. The molecule has 1 amide bonds. The molecule has 2 rings (SSSR count). The Hall–Kier alpha value is -1.52. The van der Waals surface area contributed by atoms with E-state index in [1.807, 2.05) is 38.1 Å². The molecule has 0 spiro atoms. The van der Waals surface area contributed by atoms with E-state index in [0.29, 0.717) is 18.3 Å². The van der Waals surface area contributed by atoms with E-state index < -0.39 is 0 Å². The number of benzene rings is 1. The van der Waals surface area contributed by atoms with Crippen LogP contribution in [0.3, 0.4) is 0 Å². The molecule has 0 saturated carbocycles. The maximum Gasteiger partial charge on any atom is 0.236 e. The molecule has 5 heteroatoms. The van der Waals surface area contributed by atoms with Gasteiger partial charge in [-0.25, -0.2) is 0 Å². The molecule has 1 heterocycles. The van der Waals surface area contributed by atoms with E-state index in [1.54, 1.807) is 0 Å². The Morgan fingerprint density at radius 2 is 2.16 bits per heavy atom. The van der Waals surface area contributed by atoms with E-state index in [1.165, 1.54) is 0 Å². The number of hydrogen-bond donors (Lipinski definition) is 2. The lowest BCUT2D eigenvalue weighted by Gasteiger charge is -2.12. The molecule has 102 valence electrons. The molecule has 1 aromatic carbocycles. The molecule has 0 aliphatic carbocycles. The summed E-state index contributed by atoms with van der Waals surface area (Å²) < 4.78 is 5.46. The fourth-order valence-corrected chi connectivity index (χ4v) is 2.16. The van der Waals surface area contributed by atoms with Gasteiger partial charge >= 0.3 is 0 Å². The molecule has 19 heavy (non-hydrogen) atoms. The van der Waals surface area contributed by atoms with Crippen LogP contribution in [0.2, 0.25) is 5.22 Å². The van der Waals surface area contributed by atoms with Crippen molar-refractivity contribution >= 4 is 28.5 Å². The largest absolute Gasteiger partial charge is 0.444 e. The van der Waals surface area contributed by atoms with Crippen molar-refractivity contribution < 1.29 is 9.21 Å². The lowest BCUT2D eigenvalue weighted by Crippen LogP contribution is -2.41. The molecule has 0 aliphatic rings. The minimum Gasteiger partial charge on any atom is -0.444 e. The summed E-state index contributed by atoms with van der Waals surface area (Å²) in [5.41, 5.74) is 1.64. The van der Waals surface area contributed by atoms with Crippen molar-refractivity contribution in [2.75, 3.05) is 6.54 Å². The van der Waals surface area contributed by atoms with Crippen LogP contribution in [-0.4, -0.2) is 18.5 Å². The second kappa shape index (κ2) is 6.08. The molecule has 4 nitrogen and oxygen atoms in total. The number of para-hydroxylation sites is 1. The van der Waals surface area contributed by atoms with Crippen LogP contribution in [0.15, 0.2) is 28.7 Å². The van der Waals surface area contributed by atoms with Gasteiger partial charge in [-0.3, -0.25) is 4.79 Å². The van der Waals surface area contributed by atoms with E-state index in [0.717, 1.165) is 16.5 Å². The number of nitrogens with one attached hydrogen (secondary N) is 2. The smallest absolute Gasteiger partial charge is 0.236 e. The van der Waals surface area contributed by atoms with E-state index in [2.05, 4.69) is 10.6 Å². The van der Waals surface area contributed by atoms with Crippen LogP contribution in [0.5, 0.6) is 0 Å². The van der Waals surface area contributed by atoms with Crippen molar-refractivity contribution in [1.82, 2.24) is 10.6 Å². The van der Waals surface area contributed by atoms with Gasteiger partial charge in [0.2, 0.25) is 5.91 Å². The van der Waals surface area contributed by atoms with Crippen LogP contribution < -0.4 is 10.6 Å². The Labute approximate surface area is 117 Å². The van der Waals surface area contributed by atoms with Crippen LogP contribution in [0.25, 0.3) is 11.0 Å². The van der Waals surface area contributed by atoms with Crippen molar-refractivity contribution in [1.29, 1.82) is 0 Å². The number of carbonyl (C=O) groups is 1. The van der Waals surface area contributed by atoms with Crippen molar-refractivity contribution in [2.24, 2.45) is 0 Å². The van der Waals surface area contributed by atoms with Gasteiger partial charge in [0.05, 0.1) is 6.04 Å². The quantitative estimate of drug-likeness (QED) is 0.885. The molecule has 1 aromatic heterocycles. The second-order valence-corrected chi connectivity index (χ2v) is 4.69. The highest BCUT2D eigenvalue weighted by atomic mass is 35.5. The normalized spacial score (nSPS) is 12.6. The third-order valence-electron chi connectivity index (χ3n) is 2.98. The third-order valence-corrected chi connectivity index (χ3v) is 3.28. The van der Waals surface area contributed by atoms with Gasteiger partial charge in [-0.15, -0.1) is 0 Å². The van der Waals surface area contributed by atoms with Crippen molar-refractivity contribution in [3.05, 3.63) is 35.0 Å². The standard InChI is InChI=1S/C14H17ClN2O2/c1-3-16-14(18)9(2)17-8-11-10-6-4-5-7-12(10)19-13(11)15/h4-7,9,17H,3,8H2,1-2H3,(H,16,18). The summed E-state index contributed by atoms with van der Waals surface area (Å²) >= 11 is 6.08. The molecule has 1 atom stereocenters. The number of amides is 1. The maximum atomic E-state index is 11.6. The maximum absolute atomic E-state index is 11.6. The Morgan fingerprint density at radius 1 is 1.42 bits per heavy atom. The summed E-state index contributed by atoms with van der Waals surface area (Å²) in [5, 5.41) is 7.26. The Balaban J connectivity index is 2.09. The van der Waals surface area contributed by atoms with Crippen LogP contribution >= 0.6 is 11.6 Å². The summed E-state index contributed by atoms with van der Waals surface area (Å²) in [6.07, 6.45) is 0. The first kappa shape index (κ1) is 13.9. The number of likely N-dealkylation sites (N-methyl/N-ethyl adjacent to an activating group) is 1. The molecule has 0 saturated heterocycles. The van der Waals surface area contributed by atoms with Gasteiger partial charge in [0.1, 0.15) is 5.58 Å². The highest BCUT2D eigenvalue weighted by Gasteiger charge is 2.15. The predicted octanol–water partition coefficient (Wildman–Crippen LogP) is 2.70. The van der Waals surface area contributed by atoms with E-state index in [4.69, 9.17) is 16.0 Å². The number of furan rings is 1. The van der Waals surface area contributed by atoms with Crippen LogP contribution in [-0.2, 0) is 11.3 Å². The fourth-order valence-electron chi connectivity index (χ4n) is 1.91. The highest BCUT2D eigenvalue weighted by Crippen LogP contribution is 2.29. The molecule has 0 fully saturated rings. The lowest BCUT2D eigenvalue weighted by molar-refractivity contribution is -0.122. The second-order valence-electron chi connectivity index (χ2n) is 4.35. The summed E-state index contributed by atoms with van der Waals surface area (Å²) in [7, 11) is 0. The summed E-state index contributed by atoms with van der Waals surface area (Å²) in [4.78, 5) is 11.6. The molecule has 0 aliphatic heterocycles. The minimum atomic E-state index is -0.273. The summed E-state index contributed by atoms with van der Waals surface area (Å²) in [6.45, 7) is 4.83. The Kier molecular flexibility index (Phi) is 4.45. The van der Waals surface area contributed by atoms with Gasteiger partial charge in [-0.2, -0.15) is 0 Å². The van der Waals surface area contributed by atoms with Gasteiger partial charge in [0, 0.05) is 24.0 Å². The van der Waals surface area contributed by atoms with Gasteiger partial charge in [0.15, 0.2) is 5.22 Å². The third kappa shape index (κ3) is 3.08. The number of fused-ring (bicyclic) bond motifs is 1. The topological polar surface area (TPSA) is 54.3 Å². The van der Waals surface area contributed by atoms with E-state index in [9.17, 15) is 4.79 Å². The Morgan fingerprint density at radius 3 is 2.89 bits per heavy atom. The average molecular weight is 281 g/mol. The summed E-state index contributed by atoms with van der Waals surface area (Å²) in [5.74, 6) is -0.0218. The first-order valence-corrected chi connectivity index (χ1v) is 6.68. The fraction of sp³-hybridized carbons (Fsp3) is 0.357. The van der Waals surface area contributed by atoms with Gasteiger partial charge in [-0.05, 0) is 31.5 Å². The number of rotatable bonds is 5. The van der Waals surface area contributed by atoms with E-state index in [-0.39, 0.29) is 11.9 Å². The minimum absolute atomic E-state index is 0.0218. The SMILES string of the molecule is CCNC(=O)C(C)NCc1c(Cl)oc2ccccc12. The lowest BCUT2D eigenvalue weighted by atomic mass is 10.1. The molecule has 2 aromatic rings. The predicted molar refractivity (Wildman–Crippen MR) is 76.2 cm³/mol.